The number of halogens is 2. The second-order valence-corrected chi connectivity index (χ2v) is 7.68. The minimum atomic E-state index is -0.790. The Kier molecular flexibility index (Phi) is 4.09. The molecule has 0 bridgehead atoms. The molecule has 2 N–H and O–H groups in total. The van der Waals surface area contributed by atoms with Gasteiger partial charge in [-0.3, -0.25) is 9.59 Å². The minimum Gasteiger partial charge on any atom is -0.508 e. The van der Waals surface area contributed by atoms with Gasteiger partial charge in [0, 0.05) is 18.7 Å². The van der Waals surface area contributed by atoms with Gasteiger partial charge in [-0.1, -0.05) is 23.2 Å². The molecule has 1 aromatic carbocycles. The summed E-state index contributed by atoms with van der Waals surface area (Å²) in [7, 11) is 0. The topological polar surface area (TPSA) is 81.1 Å². The maximum atomic E-state index is 12.8. The first-order valence-corrected chi connectivity index (χ1v) is 9.11. The molecule has 4 atom stereocenters. The molecule has 6 nitrogen and oxygen atoms in total. The first-order chi connectivity index (χ1) is 11.9. The first-order valence-electron chi connectivity index (χ1n) is 8.36. The van der Waals surface area contributed by atoms with E-state index in [-0.39, 0.29) is 23.5 Å². The molecule has 0 spiro atoms. The number of aliphatic hydroxyl groups is 1. The summed E-state index contributed by atoms with van der Waals surface area (Å²) in [5.41, 5.74) is 0.539. The Morgan fingerprint density at radius 1 is 1.04 bits per heavy atom. The van der Waals surface area contributed by atoms with Crippen LogP contribution in [0.3, 0.4) is 0 Å². The van der Waals surface area contributed by atoms with Crippen LogP contribution in [0.15, 0.2) is 12.1 Å². The quantitative estimate of drug-likeness (QED) is 0.772. The van der Waals surface area contributed by atoms with Crippen molar-refractivity contribution in [2.45, 2.75) is 43.4 Å². The first kappa shape index (κ1) is 16.9. The molecule has 4 rings (SSSR count). The number of piperidine rings is 1. The van der Waals surface area contributed by atoms with Crippen LogP contribution < -0.4 is 0 Å². The Labute approximate surface area is 154 Å². The van der Waals surface area contributed by atoms with Crippen LogP contribution in [-0.4, -0.2) is 63.1 Å². The van der Waals surface area contributed by atoms with Crippen molar-refractivity contribution in [3.8, 4) is 5.75 Å². The van der Waals surface area contributed by atoms with Crippen molar-refractivity contribution in [2.75, 3.05) is 13.1 Å². The van der Waals surface area contributed by atoms with E-state index in [1.54, 1.807) is 4.90 Å². The zero-order valence-corrected chi connectivity index (χ0v) is 14.9. The second kappa shape index (κ2) is 6.04. The monoisotopic (exact) mass is 384 g/mol. The number of hydrogen-bond donors (Lipinski definition) is 2. The van der Waals surface area contributed by atoms with Gasteiger partial charge in [0.2, 0.25) is 11.8 Å². The van der Waals surface area contributed by atoms with E-state index in [0.717, 1.165) is 0 Å². The Morgan fingerprint density at radius 3 is 2.52 bits per heavy atom. The lowest BCUT2D eigenvalue weighted by Gasteiger charge is -2.47. The van der Waals surface area contributed by atoms with Crippen LogP contribution in [0.1, 0.15) is 30.7 Å². The van der Waals surface area contributed by atoms with E-state index >= 15 is 0 Å². The van der Waals surface area contributed by atoms with Crippen molar-refractivity contribution in [3.63, 3.8) is 0 Å². The van der Waals surface area contributed by atoms with Gasteiger partial charge < -0.3 is 20.0 Å². The summed E-state index contributed by atoms with van der Waals surface area (Å²) < 4.78 is 0. The highest BCUT2D eigenvalue weighted by Crippen LogP contribution is 2.44. The number of fused-ring (bicyclic) bond motifs is 2. The highest BCUT2D eigenvalue weighted by atomic mass is 35.5. The Balaban J connectivity index is 1.65. The fourth-order valence-corrected chi connectivity index (χ4v) is 4.83. The number of nitrogens with zero attached hydrogens (tertiary/aromatic N) is 2. The predicted octanol–water partition coefficient (Wildman–Crippen LogP) is 1.75. The maximum absolute atomic E-state index is 12.8. The number of benzene rings is 1. The number of phenols is 1. The maximum Gasteiger partial charge on any atom is 0.248 e. The van der Waals surface area contributed by atoms with Crippen molar-refractivity contribution in [1.29, 1.82) is 0 Å². The van der Waals surface area contributed by atoms with Gasteiger partial charge in [-0.2, -0.15) is 0 Å². The number of carbonyl (C=O) groups excluding carboxylic acids is 2. The normalized spacial score (nSPS) is 32.0. The van der Waals surface area contributed by atoms with Gasteiger partial charge in [0.15, 0.2) is 0 Å². The van der Waals surface area contributed by atoms with Crippen molar-refractivity contribution in [2.24, 2.45) is 0 Å². The van der Waals surface area contributed by atoms with Crippen LogP contribution in [0, 0.1) is 0 Å². The number of piperazine rings is 1. The largest absolute Gasteiger partial charge is 0.508 e. The molecule has 0 aliphatic carbocycles. The van der Waals surface area contributed by atoms with Crippen molar-refractivity contribution in [1.82, 2.24) is 9.80 Å². The number of hydrogen-bond acceptors (Lipinski definition) is 4. The number of aliphatic hydroxyl groups excluding tert-OH is 1. The molecular weight excluding hydrogens is 367 g/mol. The third-order valence-electron chi connectivity index (χ3n) is 5.59. The average Bonchev–Trinajstić information content (AvgIpc) is 2.98. The lowest BCUT2D eigenvalue weighted by Crippen LogP contribution is -2.66. The van der Waals surface area contributed by atoms with Gasteiger partial charge in [0.25, 0.3) is 0 Å². The van der Waals surface area contributed by atoms with E-state index in [9.17, 15) is 19.8 Å². The van der Waals surface area contributed by atoms with E-state index in [1.807, 2.05) is 0 Å². The standard InChI is InChI=1S/C17H18Cl2N2O4/c18-9-1-2-11(22)13(14(9)19)8-3-5-20-10(7-8)16(24)21-6-4-12(23)15(21)17(20)25/h1-2,8,10,12,15,22-23H,3-7H2/t8-,10+,12-,15-/m1/s1. The molecule has 2 amide bonds. The summed E-state index contributed by atoms with van der Waals surface area (Å²) in [6, 6.07) is 1.70. The number of amides is 2. The number of rotatable bonds is 1. The Morgan fingerprint density at radius 2 is 1.76 bits per heavy atom. The van der Waals surface area contributed by atoms with Crippen molar-refractivity contribution in [3.05, 3.63) is 27.7 Å². The molecule has 0 radical (unpaired) electrons. The molecule has 3 fully saturated rings. The van der Waals surface area contributed by atoms with E-state index < -0.39 is 18.2 Å². The third kappa shape index (κ3) is 2.50. The molecule has 1 aromatic rings. The van der Waals surface area contributed by atoms with Gasteiger partial charge in [0.05, 0.1) is 16.1 Å². The molecule has 3 saturated heterocycles. The summed E-state index contributed by atoms with van der Waals surface area (Å²) >= 11 is 12.4. The van der Waals surface area contributed by atoms with Crippen LogP contribution >= 0.6 is 23.2 Å². The fraction of sp³-hybridized carbons (Fsp3) is 0.529. The summed E-state index contributed by atoms with van der Waals surface area (Å²) in [6.45, 7) is 0.786. The van der Waals surface area contributed by atoms with Crippen LogP contribution in [0.5, 0.6) is 5.75 Å². The van der Waals surface area contributed by atoms with Crippen LogP contribution in [0.25, 0.3) is 0 Å². The molecule has 3 heterocycles. The zero-order valence-electron chi connectivity index (χ0n) is 13.4. The molecule has 0 saturated carbocycles. The van der Waals surface area contributed by atoms with Gasteiger partial charge in [-0.05, 0) is 37.3 Å². The molecule has 134 valence electrons. The van der Waals surface area contributed by atoms with Crippen molar-refractivity contribution >= 4 is 35.0 Å². The van der Waals surface area contributed by atoms with E-state index in [1.165, 1.54) is 17.0 Å². The minimum absolute atomic E-state index is 0.0527. The summed E-state index contributed by atoms with van der Waals surface area (Å²) in [5, 5.41) is 20.9. The van der Waals surface area contributed by atoms with E-state index in [0.29, 0.717) is 48.0 Å². The second-order valence-electron chi connectivity index (χ2n) is 6.90. The lowest BCUT2D eigenvalue weighted by atomic mass is 9.82. The Hall–Kier alpha value is -1.50. The zero-order chi connectivity index (χ0) is 17.9. The van der Waals surface area contributed by atoms with Crippen molar-refractivity contribution < 1.29 is 19.8 Å². The van der Waals surface area contributed by atoms with Gasteiger partial charge in [-0.15, -0.1) is 0 Å². The number of aromatic hydroxyl groups is 1. The van der Waals surface area contributed by atoms with Gasteiger partial charge in [-0.25, -0.2) is 0 Å². The van der Waals surface area contributed by atoms with Crippen LogP contribution in [-0.2, 0) is 9.59 Å². The number of carbonyl (C=O) groups is 2. The molecular formula is C17H18Cl2N2O4. The SMILES string of the molecule is O=C1[C@H]2[C@H](O)CCN2C(=O)[C@@H]2C[C@H](c3c(O)ccc(Cl)c3Cl)CCN12. The van der Waals surface area contributed by atoms with Gasteiger partial charge >= 0.3 is 0 Å². The highest BCUT2D eigenvalue weighted by Gasteiger charge is 2.53. The molecule has 0 unspecified atom stereocenters. The molecule has 25 heavy (non-hydrogen) atoms. The van der Waals surface area contributed by atoms with E-state index in [2.05, 4.69) is 0 Å². The van der Waals surface area contributed by atoms with E-state index in [4.69, 9.17) is 23.2 Å². The molecule has 8 heteroatoms. The lowest BCUT2D eigenvalue weighted by molar-refractivity contribution is -0.164. The van der Waals surface area contributed by atoms with Crippen LogP contribution in [0.2, 0.25) is 10.0 Å². The van der Waals surface area contributed by atoms with Crippen LogP contribution in [0.4, 0.5) is 0 Å². The summed E-state index contributed by atoms with van der Waals surface area (Å²) in [6.07, 6.45) is 0.595. The molecule has 3 aliphatic rings. The highest BCUT2D eigenvalue weighted by molar-refractivity contribution is 6.42. The fourth-order valence-electron chi connectivity index (χ4n) is 4.35. The average molecular weight is 385 g/mol. The molecule has 3 aliphatic heterocycles. The summed E-state index contributed by atoms with van der Waals surface area (Å²) in [4.78, 5) is 28.6. The smallest absolute Gasteiger partial charge is 0.248 e. The Bertz CT molecular complexity index is 756. The molecule has 0 aromatic heterocycles. The third-order valence-corrected chi connectivity index (χ3v) is 6.41. The van der Waals surface area contributed by atoms with Gasteiger partial charge in [0.1, 0.15) is 17.8 Å². The summed E-state index contributed by atoms with van der Waals surface area (Å²) in [5.74, 6) is -0.428. The predicted molar refractivity (Wildman–Crippen MR) is 91.7 cm³/mol. The number of phenolic OH excluding ortho intramolecular Hbond substituents is 1.